The maximum Gasteiger partial charge on any atom is 0.225 e. The van der Waals surface area contributed by atoms with Gasteiger partial charge in [-0.1, -0.05) is 25.7 Å². The standard InChI is InChI=1S/C15H26N2O2S/c1-20-9-8-14(18)16-12-10-15(19)17(11-12)13-6-4-2-3-5-7-13/h12-13H,2-11H2,1H3,(H,16,18)/t12-/m1/s1. The Morgan fingerprint density at radius 1 is 1.30 bits per heavy atom. The highest BCUT2D eigenvalue weighted by atomic mass is 32.2. The van der Waals surface area contributed by atoms with Gasteiger partial charge in [0.25, 0.3) is 0 Å². The second-order valence-corrected chi connectivity index (χ2v) is 6.89. The first kappa shape index (κ1) is 15.7. The smallest absolute Gasteiger partial charge is 0.225 e. The topological polar surface area (TPSA) is 49.4 Å². The van der Waals surface area contributed by atoms with E-state index in [1.54, 1.807) is 11.8 Å². The Morgan fingerprint density at radius 3 is 2.65 bits per heavy atom. The third-order valence-electron chi connectivity index (χ3n) is 4.32. The van der Waals surface area contributed by atoms with Crippen molar-refractivity contribution in [2.75, 3.05) is 18.6 Å². The number of nitrogens with zero attached hydrogens (tertiary/aromatic N) is 1. The highest BCUT2D eigenvalue weighted by Crippen LogP contribution is 2.25. The Hall–Kier alpha value is -0.710. The highest BCUT2D eigenvalue weighted by molar-refractivity contribution is 7.98. The van der Waals surface area contributed by atoms with E-state index in [1.807, 2.05) is 11.2 Å². The summed E-state index contributed by atoms with van der Waals surface area (Å²) in [5, 5.41) is 3.01. The average Bonchev–Trinajstić information content (AvgIpc) is 2.66. The second kappa shape index (κ2) is 7.91. The molecule has 2 fully saturated rings. The summed E-state index contributed by atoms with van der Waals surface area (Å²) < 4.78 is 0. The molecule has 4 nitrogen and oxygen atoms in total. The number of amides is 2. The van der Waals surface area contributed by atoms with Gasteiger partial charge in [-0.05, 0) is 19.1 Å². The molecule has 1 aliphatic carbocycles. The van der Waals surface area contributed by atoms with Crippen LogP contribution in [0.3, 0.4) is 0 Å². The molecule has 1 aliphatic heterocycles. The van der Waals surface area contributed by atoms with Gasteiger partial charge in [0, 0.05) is 31.2 Å². The Morgan fingerprint density at radius 2 is 2.00 bits per heavy atom. The monoisotopic (exact) mass is 298 g/mol. The number of rotatable bonds is 5. The second-order valence-electron chi connectivity index (χ2n) is 5.90. The molecule has 5 heteroatoms. The van der Waals surface area contributed by atoms with E-state index >= 15 is 0 Å². The Balaban J connectivity index is 1.81. The fourth-order valence-corrected chi connectivity index (χ4v) is 3.63. The molecule has 1 N–H and O–H groups in total. The average molecular weight is 298 g/mol. The minimum absolute atomic E-state index is 0.0279. The summed E-state index contributed by atoms with van der Waals surface area (Å²) in [7, 11) is 0. The van der Waals surface area contributed by atoms with Crippen molar-refractivity contribution in [1.29, 1.82) is 0 Å². The van der Waals surface area contributed by atoms with E-state index in [9.17, 15) is 9.59 Å². The predicted molar refractivity (Wildman–Crippen MR) is 82.7 cm³/mol. The number of carbonyl (C=O) groups excluding carboxylic acids is 2. The molecule has 0 unspecified atom stereocenters. The van der Waals surface area contributed by atoms with E-state index in [-0.39, 0.29) is 17.9 Å². The SMILES string of the molecule is CSCCC(=O)N[C@@H]1CC(=O)N(C2CCCCCC2)C1. The van der Waals surface area contributed by atoms with Crippen molar-refractivity contribution in [3.05, 3.63) is 0 Å². The molecule has 2 aliphatic rings. The molecular formula is C15H26N2O2S. The fourth-order valence-electron chi connectivity index (χ4n) is 3.25. The maximum absolute atomic E-state index is 12.2. The summed E-state index contributed by atoms with van der Waals surface area (Å²) >= 11 is 1.68. The molecule has 1 saturated carbocycles. The molecule has 20 heavy (non-hydrogen) atoms. The van der Waals surface area contributed by atoms with Gasteiger partial charge in [0.15, 0.2) is 0 Å². The molecule has 0 bridgehead atoms. The largest absolute Gasteiger partial charge is 0.351 e. The van der Waals surface area contributed by atoms with Crippen LogP contribution >= 0.6 is 11.8 Å². The van der Waals surface area contributed by atoms with Crippen molar-refractivity contribution in [2.24, 2.45) is 0 Å². The van der Waals surface area contributed by atoms with Gasteiger partial charge in [-0.15, -0.1) is 0 Å². The maximum atomic E-state index is 12.2. The van der Waals surface area contributed by atoms with Gasteiger partial charge in [-0.25, -0.2) is 0 Å². The van der Waals surface area contributed by atoms with Crippen LogP contribution in [0.2, 0.25) is 0 Å². The molecule has 1 heterocycles. The van der Waals surface area contributed by atoms with Gasteiger partial charge >= 0.3 is 0 Å². The van der Waals surface area contributed by atoms with Crippen LogP contribution in [0.15, 0.2) is 0 Å². The molecule has 0 spiro atoms. The molecule has 0 aromatic rings. The van der Waals surface area contributed by atoms with Gasteiger partial charge in [-0.3, -0.25) is 9.59 Å². The van der Waals surface area contributed by atoms with E-state index in [2.05, 4.69) is 5.32 Å². The van der Waals surface area contributed by atoms with Crippen LogP contribution in [-0.4, -0.2) is 47.4 Å². The number of hydrogen-bond acceptors (Lipinski definition) is 3. The van der Waals surface area contributed by atoms with Crippen LogP contribution in [0.5, 0.6) is 0 Å². The summed E-state index contributed by atoms with van der Waals surface area (Å²) in [5.41, 5.74) is 0. The van der Waals surface area contributed by atoms with E-state index in [0.29, 0.717) is 25.4 Å². The molecule has 114 valence electrons. The minimum Gasteiger partial charge on any atom is -0.351 e. The number of hydrogen-bond donors (Lipinski definition) is 1. The van der Waals surface area contributed by atoms with Crippen LogP contribution in [0.1, 0.15) is 51.4 Å². The molecule has 0 aromatic carbocycles. The fraction of sp³-hybridized carbons (Fsp3) is 0.867. The molecule has 2 rings (SSSR count). The molecule has 1 atom stereocenters. The number of carbonyl (C=O) groups is 2. The van der Waals surface area contributed by atoms with Gasteiger partial charge < -0.3 is 10.2 Å². The van der Waals surface area contributed by atoms with Crippen molar-refractivity contribution in [3.8, 4) is 0 Å². The normalized spacial score (nSPS) is 24.8. The summed E-state index contributed by atoms with van der Waals surface area (Å²) in [5.74, 6) is 1.16. The lowest BCUT2D eigenvalue weighted by molar-refractivity contribution is -0.129. The highest BCUT2D eigenvalue weighted by Gasteiger charge is 2.34. The zero-order valence-corrected chi connectivity index (χ0v) is 13.2. The molecule has 0 aromatic heterocycles. The zero-order chi connectivity index (χ0) is 14.4. The van der Waals surface area contributed by atoms with Crippen molar-refractivity contribution in [3.63, 3.8) is 0 Å². The first-order valence-electron chi connectivity index (χ1n) is 7.78. The van der Waals surface area contributed by atoms with Crippen LogP contribution in [-0.2, 0) is 9.59 Å². The van der Waals surface area contributed by atoms with Crippen LogP contribution in [0.4, 0.5) is 0 Å². The van der Waals surface area contributed by atoms with Crippen LogP contribution < -0.4 is 5.32 Å². The summed E-state index contributed by atoms with van der Waals surface area (Å²) in [6.07, 6.45) is 10.4. The summed E-state index contributed by atoms with van der Waals surface area (Å²) in [4.78, 5) is 25.9. The van der Waals surface area contributed by atoms with Gasteiger partial charge in [-0.2, -0.15) is 11.8 Å². The third kappa shape index (κ3) is 4.40. The zero-order valence-electron chi connectivity index (χ0n) is 12.4. The van der Waals surface area contributed by atoms with Crippen LogP contribution in [0.25, 0.3) is 0 Å². The minimum atomic E-state index is 0.0279. The first-order valence-corrected chi connectivity index (χ1v) is 9.18. The van der Waals surface area contributed by atoms with Gasteiger partial charge in [0.1, 0.15) is 0 Å². The summed E-state index contributed by atoms with van der Waals surface area (Å²) in [6.45, 7) is 0.717. The van der Waals surface area contributed by atoms with E-state index < -0.39 is 0 Å². The van der Waals surface area contributed by atoms with Gasteiger partial charge in [0.2, 0.25) is 11.8 Å². The van der Waals surface area contributed by atoms with E-state index in [4.69, 9.17) is 0 Å². The van der Waals surface area contributed by atoms with Crippen molar-refractivity contribution >= 4 is 23.6 Å². The number of thioether (sulfide) groups is 1. The van der Waals surface area contributed by atoms with Crippen molar-refractivity contribution in [1.82, 2.24) is 10.2 Å². The quantitative estimate of drug-likeness (QED) is 0.792. The van der Waals surface area contributed by atoms with E-state index in [0.717, 1.165) is 18.6 Å². The number of likely N-dealkylation sites (tertiary alicyclic amines) is 1. The molecule has 0 radical (unpaired) electrons. The lowest BCUT2D eigenvalue weighted by Gasteiger charge is -2.27. The number of nitrogens with one attached hydrogen (secondary N) is 1. The first-order chi connectivity index (χ1) is 9.70. The van der Waals surface area contributed by atoms with E-state index in [1.165, 1.54) is 25.7 Å². The predicted octanol–water partition coefficient (Wildman–Crippen LogP) is 2.18. The molecule has 2 amide bonds. The summed E-state index contributed by atoms with van der Waals surface area (Å²) in [6, 6.07) is 0.443. The molecule has 1 saturated heterocycles. The Labute approximate surface area is 126 Å². The molecular weight excluding hydrogens is 272 g/mol. The van der Waals surface area contributed by atoms with Crippen LogP contribution in [0, 0.1) is 0 Å². The lowest BCUT2D eigenvalue weighted by Crippen LogP contribution is -2.40. The van der Waals surface area contributed by atoms with Crippen molar-refractivity contribution < 1.29 is 9.59 Å². The van der Waals surface area contributed by atoms with Gasteiger partial charge in [0.05, 0.1) is 6.04 Å². The lowest BCUT2D eigenvalue weighted by atomic mass is 10.1. The van der Waals surface area contributed by atoms with Crippen molar-refractivity contribution in [2.45, 2.75) is 63.5 Å². The Bertz CT molecular complexity index is 341. The Kier molecular flexibility index (Phi) is 6.20. The third-order valence-corrected chi connectivity index (χ3v) is 4.93.